The number of furan rings is 1. The van der Waals surface area contributed by atoms with Crippen molar-refractivity contribution in [3.05, 3.63) is 83.6 Å². The van der Waals surface area contributed by atoms with Gasteiger partial charge in [-0.05, 0) is 56.7 Å². The summed E-state index contributed by atoms with van der Waals surface area (Å²) in [5, 5.41) is 0. The lowest BCUT2D eigenvalue weighted by Crippen LogP contribution is -2.30. The van der Waals surface area contributed by atoms with Crippen molar-refractivity contribution in [2.75, 3.05) is 23.7 Å². The molecular weight excluding hydrogens is 459 g/mol. The zero-order chi connectivity index (χ0) is 24.7. The highest BCUT2D eigenvalue weighted by atomic mass is 32.2. The van der Waals surface area contributed by atoms with Gasteiger partial charge < -0.3 is 18.4 Å². The van der Waals surface area contributed by atoms with Crippen LogP contribution in [0.15, 0.2) is 65.3 Å². The smallest absolute Gasteiger partial charge is 0.308 e. The molecule has 3 rings (SSSR count). The minimum Gasteiger partial charge on any atom is -0.459 e. The van der Waals surface area contributed by atoms with Crippen molar-refractivity contribution < 1.29 is 26.2 Å². The van der Waals surface area contributed by atoms with E-state index < -0.39 is 10.1 Å². The number of rotatable bonds is 11. The summed E-state index contributed by atoms with van der Waals surface area (Å²) < 4.78 is 48.7. The Morgan fingerprint density at radius 1 is 1.00 bits per heavy atom. The Labute approximate surface area is 199 Å². The van der Waals surface area contributed by atoms with Crippen LogP contribution in [0.5, 0.6) is 5.75 Å². The van der Waals surface area contributed by atoms with E-state index in [0.29, 0.717) is 11.1 Å². The molecule has 182 valence electrons. The summed E-state index contributed by atoms with van der Waals surface area (Å²) in [5.41, 5.74) is 2.05. The lowest BCUT2D eigenvalue weighted by atomic mass is 10.1. The van der Waals surface area contributed by atoms with Crippen molar-refractivity contribution in [1.82, 2.24) is 4.90 Å². The van der Waals surface area contributed by atoms with Crippen LogP contribution in [0.3, 0.4) is 0 Å². The van der Waals surface area contributed by atoms with E-state index in [1.54, 1.807) is 36.4 Å². The summed E-state index contributed by atoms with van der Waals surface area (Å²) in [5.74, 6) is -0.633. The largest absolute Gasteiger partial charge is 0.459 e. The molecule has 0 bridgehead atoms. The van der Waals surface area contributed by atoms with E-state index in [4.69, 9.17) is 8.60 Å². The Morgan fingerprint density at radius 3 is 2.29 bits per heavy atom. The number of hydrogen-bond acceptors (Lipinski definition) is 6. The molecule has 0 radical (unpaired) electrons. The van der Waals surface area contributed by atoms with Gasteiger partial charge in [0.15, 0.2) is 5.76 Å². The summed E-state index contributed by atoms with van der Waals surface area (Å²) in [4.78, 5) is 16.8. The Hall–Kier alpha value is -3.33. The SMILES string of the molecule is CCN(CC)c1ccc(CN(Cc2ccc(F)cc2)C(=O)c2ccco2)c(OS(=O)(=O)CC)c1. The van der Waals surface area contributed by atoms with E-state index in [-0.39, 0.29) is 42.1 Å². The minimum absolute atomic E-state index is 0.0595. The lowest BCUT2D eigenvalue weighted by molar-refractivity contribution is 0.0697. The number of carbonyl (C=O) groups is 1. The van der Waals surface area contributed by atoms with E-state index >= 15 is 0 Å². The van der Waals surface area contributed by atoms with E-state index in [9.17, 15) is 17.6 Å². The van der Waals surface area contributed by atoms with Gasteiger partial charge >= 0.3 is 10.1 Å². The zero-order valence-corrected chi connectivity index (χ0v) is 20.3. The van der Waals surface area contributed by atoms with Crippen LogP contribution in [0, 0.1) is 5.82 Å². The van der Waals surface area contributed by atoms with Crippen LogP contribution >= 0.6 is 0 Å². The average Bonchev–Trinajstić information content (AvgIpc) is 3.36. The van der Waals surface area contributed by atoms with Gasteiger partial charge in [-0.2, -0.15) is 8.42 Å². The number of carbonyl (C=O) groups excluding carboxylic acids is 1. The molecule has 0 aliphatic rings. The Morgan fingerprint density at radius 2 is 1.71 bits per heavy atom. The van der Waals surface area contributed by atoms with Gasteiger partial charge in [0.05, 0.1) is 18.6 Å². The topological polar surface area (TPSA) is 80.1 Å². The molecule has 0 aliphatic carbocycles. The molecule has 1 heterocycles. The maximum atomic E-state index is 13.4. The van der Waals surface area contributed by atoms with Crippen molar-refractivity contribution in [3.8, 4) is 5.75 Å². The van der Waals surface area contributed by atoms with Gasteiger partial charge in [0.1, 0.15) is 11.6 Å². The quantitative estimate of drug-likeness (QED) is 0.360. The van der Waals surface area contributed by atoms with Gasteiger partial charge in [-0.3, -0.25) is 4.79 Å². The highest BCUT2D eigenvalue weighted by Crippen LogP contribution is 2.29. The molecule has 1 amide bonds. The number of benzene rings is 2. The number of halogens is 1. The monoisotopic (exact) mass is 488 g/mol. The zero-order valence-electron chi connectivity index (χ0n) is 19.5. The van der Waals surface area contributed by atoms with Crippen molar-refractivity contribution >= 4 is 21.7 Å². The normalized spacial score (nSPS) is 11.3. The molecule has 1 aromatic heterocycles. The molecule has 0 unspecified atom stereocenters. The summed E-state index contributed by atoms with van der Waals surface area (Å²) in [6, 6.07) is 14.3. The second-order valence-electron chi connectivity index (χ2n) is 7.66. The molecule has 0 fully saturated rings. The molecule has 0 saturated carbocycles. The molecule has 0 N–H and O–H groups in total. The fourth-order valence-corrected chi connectivity index (χ4v) is 4.05. The first-order chi connectivity index (χ1) is 16.3. The molecule has 0 spiro atoms. The fourth-order valence-electron chi connectivity index (χ4n) is 3.50. The third kappa shape index (κ3) is 6.38. The van der Waals surface area contributed by atoms with Crippen LogP contribution in [-0.2, 0) is 23.2 Å². The standard InChI is InChI=1S/C25H29FN2O5S/c1-4-27(5-2)22-14-11-20(24(16-22)33-34(30,31)6-3)18-28(25(29)23-8-7-15-32-23)17-19-9-12-21(26)13-10-19/h7-16H,4-6,17-18H2,1-3H3. The van der Waals surface area contributed by atoms with Crippen molar-refractivity contribution in [2.45, 2.75) is 33.9 Å². The van der Waals surface area contributed by atoms with Crippen molar-refractivity contribution in [3.63, 3.8) is 0 Å². The van der Waals surface area contributed by atoms with E-state index in [1.807, 2.05) is 19.9 Å². The van der Waals surface area contributed by atoms with E-state index in [0.717, 1.165) is 18.8 Å². The molecule has 0 atom stereocenters. The lowest BCUT2D eigenvalue weighted by Gasteiger charge is -2.25. The first kappa shape index (κ1) is 25.3. The third-order valence-electron chi connectivity index (χ3n) is 5.42. The van der Waals surface area contributed by atoms with Gasteiger partial charge in [-0.1, -0.05) is 18.2 Å². The molecule has 2 aromatic carbocycles. The Balaban J connectivity index is 2.00. The third-order valence-corrected chi connectivity index (χ3v) is 6.56. The van der Waals surface area contributed by atoms with Crippen molar-refractivity contribution in [2.24, 2.45) is 0 Å². The highest BCUT2D eigenvalue weighted by Gasteiger charge is 2.23. The van der Waals surface area contributed by atoms with Gasteiger partial charge in [-0.25, -0.2) is 4.39 Å². The van der Waals surface area contributed by atoms with Crippen LogP contribution in [0.1, 0.15) is 42.5 Å². The summed E-state index contributed by atoms with van der Waals surface area (Å²) in [6.07, 6.45) is 1.41. The maximum absolute atomic E-state index is 13.4. The predicted molar refractivity (Wildman–Crippen MR) is 129 cm³/mol. The van der Waals surface area contributed by atoms with Gasteiger partial charge in [-0.15, -0.1) is 0 Å². The number of amides is 1. The van der Waals surface area contributed by atoms with E-state index in [2.05, 4.69) is 4.90 Å². The maximum Gasteiger partial charge on any atom is 0.308 e. The number of nitrogens with zero attached hydrogens (tertiary/aromatic N) is 2. The molecular formula is C25H29FN2O5S. The van der Waals surface area contributed by atoms with Gasteiger partial charge in [0.25, 0.3) is 5.91 Å². The number of hydrogen-bond donors (Lipinski definition) is 0. The molecule has 7 nitrogen and oxygen atoms in total. The fraction of sp³-hybridized carbons (Fsp3) is 0.320. The average molecular weight is 489 g/mol. The van der Waals surface area contributed by atoms with Crippen LogP contribution in [-0.4, -0.2) is 38.1 Å². The summed E-state index contributed by atoms with van der Waals surface area (Å²) >= 11 is 0. The predicted octanol–water partition coefficient (Wildman–Crippen LogP) is 4.84. The molecule has 34 heavy (non-hydrogen) atoms. The second kappa shape index (κ2) is 11.2. The van der Waals surface area contributed by atoms with Crippen LogP contribution < -0.4 is 9.08 Å². The second-order valence-corrected chi connectivity index (χ2v) is 9.52. The molecule has 9 heteroatoms. The molecule has 0 aliphatic heterocycles. The molecule has 3 aromatic rings. The minimum atomic E-state index is -3.80. The first-order valence-electron chi connectivity index (χ1n) is 11.1. The summed E-state index contributed by atoms with van der Waals surface area (Å²) in [6.45, 7) is 7.22. The number of anilines is 1. The summed E-state index contributed by atoms with van der Waals surface area (Å²) in [7, 11) is -3.80. The Kier molecular flexibility index (Phi) is 8.33. The van der Waals surface area contributed by atoms with Gasteiger partial charge in [0, 0.05) is 37.0 Å². The first-order valence-corrected chi connectivity index (χ1v) is 12.7. The molecule has 0 saturated heterocycles. The Bertz CT molecular complexity index is 1190. The van der Waals surface area contributed by atoms with Crippen LogP contribution in [0.2, 0.25) is 0 Å². The van der Waals surface area contributed by atoms with Crippen LogP contribution in [0.25, 0.3) is 0 Å². The van der Waals surface area contributed by atoms with Crippen LogP contribution in [0.4, 0.5) is 10.1 Å². The van der Waals surface area contributed by atoms with Crippen molar-refractivity contribution in [1.29, 1.82) is 0 Å². The van der Waals surface area contributed by atoms with E-state index in [1.165, 1.54) is 30.2 Å². The highest BCUT2D eigenvalue weighted by molar-refractivity contribution is 7.87. The van der Waals surface area contributed by atoms with Gasteiger partial charge in [0.2, 0.25) is 0 Å².